The molecular formula is C14H12BrN3O3. The Morgan fingerprint density at radius 2 is 2.10 bits per heavy atom. The maximum Gasteiger partial charge on any atom is 0.299 e. The molecule has 0 saturated carbocycles. The number of carbonyl (C=O) groups is 2. The number of fused-ring (bicyclic) bond motifs is 1. The lowest BCUT2D eigenvalue weighted by molar-refractivity contribution is -0.114. The lowest BCUT2D eigenvalue weighted by Crippen LogP contribution is -2.29. The number of benzene rings is 1. The molecule has 1 aromatic carbocycles. The zero-order chi connectivity index (χ0) is 15.1. The third-order valence-electron chi connectivity index (χ3n) is 3.24. The molecule has 0 fully saturated rings. The fourth-order valence-electron chi connectivity index (χ4n) is 2.16. The fraction of sp³-hybridized carbons (Fsp3) is 0.286. The summed E-state index contributed by atoms with van der Waals surface area (Å²) in [5.74, 6) is -0.0766. The Labute approximate surface area is 129 Å². The Bertz CT molecular complexity index is 739. The quantitative estimate of drug-likeness (QED) is 0.796. The predicted octanol–water partition coefficient (Wildman–Crippen LogP) is 2.69. The van der Waals surface area contributed by atoms with Gasteiger partial charge in [0.2, 0.25) is 5.89 Å². The van der Waals surface area contributed by atoms with Crippen LogP contribution in [0, 0.1) is 0 Å². The lowest BCUT2D eigenvalue weighted by Gasteiger charge is -2.13. The van der Waals surface area contributed by atoms with Gasteiger partial charge in [-0.25, -0.2) is 0 Å². The normalized spacial score (nSPS) is 14.2. The Balaban J connectivity index is 1.95. The van der Waals surface area contributed by atoms with E-state index >= 15 is 0 Å². The molecule has 21 heavy (non-hydrogen) atoms. The highest BCUT2D eigenvalue weighted by Crippen LogP contribution is 2.35. The minimum atomic E-state index is -0.582. The van der Waals surface area contributed by atoms with E-state index in [0.29, 0.717) is 27.4 Å². The summed E-state index contributed by atoms with van der Waals surface area (Å²) >= 11 is 3.30. The molecule has 1 aliphatic heterocycles. The zero-order valence-electron chi connectivity index (χ0n) is 11.5. The zero-order valence-corrected chi connectivity index (χ0v) is 13.0. The van der Waals surface area contributed by atoms with Crippen LogP contribution in [0.15, 0.2) is 27.2 Å². The Morgan fingerprint density at radius 3 is 2.76 bits per heavy atom. The topological polar surface area (TPSA) is 76.3 Å². The molecule has 0 saturated heterocycles. The second kappa shape index (κ2) is 5.07. The Hall–Kier alpha value is -2.02. The molecule has 1 amide bonds. The van der Waals surface area contributed by atoms with Crippen LogP contribution in [0.4, 0.5) is 5.69 Å². The molecule has 0 spiro atoms. The van der Waals surface area contributed by atoms with Gasteiger partial charge in [0.05, 0.1) is 11.3 Å². The standard InChI is InChI=1S/C14H12BrN3O3/c1-7(2)13-16-10(21-17-13)6-18-9-5-3-4-8(15)11(9)12(19)14(18)20/h3-5,7H,6H2,1-2H3. The van der Waals surface area contributed by atoms with Crippen molar-refractivity contribution in [2.24, 2.45) is 0 Å². The minimum Gasteiger partial charge on any atom is -0.337 e. The van der Waals surface area contributed by atoms with Crippen molar-refractivity contribution in [2.45, 2.75) is 26.3 Å². The highest BCUT2D eigenvalue weighted by molar-refractivity contribution is 9.10. The third kappa shape index (κ3) is 2.27. The van der Waals surface area contributed by atoms with Gasteiger partial charge in [-0.15, -0.1) is 0 Å². The van der Waals surface area contributed by atoms with Crippen LogP contribution in [0.2, 0.25) is 0 Å². The van der Waals surface area contributed by atoms with Gasteiger partial charge in [0, 0.05) is 10.4 Å². The number of hydrogen-bond donors (Lipinski definition) is 0. The number of aromatic nitrogens is 2. The van der Waals surface area contributed by atoms with Crippen LogP contribution in [0.25, 0.3) is 0 Å². The SMILES string of the molecule is CC(C)c1noc(CN2C(=O)C(=O)c3c(Br)cccc32)n1. The van der Waals surface area contributed by atoms with Crippen LogP contribution in [0.5, 0.6) is 0 Å². The van der Waals surface area contributed by atoms with Gasteiger partial charge in [0.1, 0.15) is 6.54 Å². The first kappa shape index (κ1) is 13.9. The average molecular weight is 350 g/mol. The summed E-state index contributed by atoms with van der Waals surface area (Å²) < 4.78 is 5.74. The van der Waals surface area contributed by atoms with Gasteiger partial charge >= 0.3 is 0 Å². The molecule has 0 bridgehead atoms. The first-order valence-corrected chi connectivity index (χ1v) is 7.25. The van der Waals surface area contributed by atoms with Gasteiger partial charge in [-0.1, -0.05) is 25.1 Å². The number of halogens is 1. The second-order valence-corrected chi connectivity index (χ2v) is 5.91. The molecule has 3 rings (SSSR count). The number of Topliss-reactive ketones (excluding diaryl/α,β-unsaturated/α-hetero) is 1. The van der Waals surface area contributed by atoms with Gasteiger partial charge in [-0.2, -0.15) is 4.98 Å². The summed E-state index contributed by atoms with van der Waals surface area (Å²) in [6.07, 6.45) is 0. The monoisotopic (exact) mass is 349 g/mol. The Kier molecular flexibility index (Phi) is 3.36. The number of anilines is 1. The number of ketones is 1. The van der Waals surface area contributed by atoms with Gasteiger partial charge in [-0.3, -0.25) is 14.5 Å². The highest BCUT2D eigenvalue weighted by Gasteiger charge is 2.38. The highest BCUT2D eigenvalue weighted by atomic mass is 79.9. The number of amides is 1. The molecule has 108 valence electrons. The van der Waals surface area contributed by atoms with E-state index in [4.69, 9.17) is 4.52 Å². The molecule has 1 aromatic heterocycles. The van der Waals surface area contributed by atoms with E-state index < -0.39 is 11.7 Å². The molecule has 0 aliphatic carbocycles. The first-order chi connectivity index (χ1) is 9.99. The number of hydrogen-bond acceptors (Lipinski definition) is 5. The molecule has 0 unspecified atom stereocenters. The van der Waals surface area contributed by atoms with E-state index in [9.17, 15) is 9.59 Å². The van der Waals surface area contributed by atoms with Crippen molar-refractivity contribution in [3.05, 3.63) is 40.0 Å². The van der Waals surface area contributed by atoms with E-state index in [1.807, 2.05) is 13.8 Å². The largest absolute Gasteiger partial charge is 0.337 e. The average Bonchev–Trinajstić information content (AvgIpc) is 3.00. The van der Waals surface area contributed by atoms with Crippen molar-refractivity contribution in [3.63, 3.8) is 0 Å². The van der Waals surface area contributed by atoms with Crippen molar-refractivity contribution >= 4 is 33.3 Å². The summed E-state index contributed by atoms with van der Waals surface area (Å²) in [4.78, 5) is 29.8. The van der Waals surface area contributed by atoms with E-state index in [2.05, 4.69) is 26.1 Å². The number of carbonyl (C=O) groups excluding carboxylic acids is 2. The lowest BCUT2D eigenvalue weighted by atomic mass is 10.1. The minimum absolute atomic E-state index is 0.0910. The van der Waals surface area contributed by atoms with Crippen molar-refractivity contribution in [1.82, 2.24) is 10.1 Å². The van der Waals surface area contributed by atoms with Crippen LogP contribution in [-0.2, 0) is 11.3 Å². The van der Waals surface area contributed by atoms with Crippen LogP contribution >= 0.6 is 15.9 Å². The number of rotatable bonds is 3. The second-order valence-electron chi connectivity index (χ2n) is 5.06. The van der Waals surface area contributed by atoms with Crippen LogP contribution in [-0.4, -0.2) is 21.8 Å². The van der Waals surface area contributed by atoms with Crippen molar-refractivity contribution < 1.29 is 14.1 Å². The summed E-state index contributed by atoms with van der Waals surface area (Å²) in [6, 6.07) is 5.23. The van der Waals surface area contributed by atoms with Crippen molar-refractivity contribution in [2.75, 3.05) is 4.90 Å². The molecule has 2 heterocycles. The number of nitrogens with zero attached hydrogens (tertiary/aromatic N) is 3. The Morgan fingerprint density at radius 1 is 1.33 bits per heavy atom. The van der Waals surface area contributed by atoms with E-state index in [1.54, 1.807) is 18.2 Å². The maximum atomic E-state index is 12.1. The third-order valence-corrected chi connectivity index (χ3v) is 3.90. The molecule has 0 N–H and O–H groups in total. The van der Waals surface area contributed by atoms with Gasteiger partial charge < -0.3 is 4.52 Å². The van der Waals surface area contributed by atoms with Gasteiger partial charge in [-0.05, 0) is 28.1 Å². The molecule has 2 aromatic rings. The molecular weight excluding hydrogens is 338 g/mol. The van der Waals surface area contributed by atoms with Crippen LogP contribution < -0.4 is 4.90 Å². The summed E-state index contributed by atoms with van der Waals surface area (Å²) in [6.45, 7) is 3.99. The predicted molar refractivity (Wildman–Crippen MR) is 78.0 cm³/mol. The molecule has 0 radical (unpaired) electrons. The summed E-state index contributed by atoms with van der Waals surface area (Å²) in [5.41, 5.74) is 0.940. The molecule has 1 aliphatic rings. The van der Waals surface area contributed by atoms with Crippen LogP contribution in [0.3, 0.4) is 0 Å². The summed E-state index contributed by atoms with van der Waals surface area (Å²) in [5, 5.41) is 3.86. The van der Waals surface area contributed by atoms with Crippen molar-refractivity contribution in [1.29, 1.82) is 0 Å². The van der Waals surface area contributed by atoms with E-state index in [-0.39, 0.29) is 12.5 Å². The molecule has 7 heteroatoms. The molecule has 6 nitrogen and oxygen atoms in total. The molecule has 0 atom stereocenters. The van der Waals surface area contributed by atoms with Crippen LogP contribution in [0.1, 0.15) is 41.8 Å². The van der Waals surface area contributed by atoms with E-state index in [0.717, 1.165) is 0 Å². The maximum absolute atomic E-state index is 12.1. The summed E-state index contributed by atoms with van der Waals surface area (Å²) in [7, 11) is 0. The van der Waals surface area contributed by atoms with Crippen molar-refractivity contribution in [3.8, 4) is 0 Å². The smallest absolute Gasteiger partial charge is 0.299 e. The van der Waals surface area contributed by atoms with Gasteiger partial charge in [0.15, 0.2) is 5.82 Å². The fourth-order valence-corrected chi connectivity index (χ4v) is 2.70. The van der Waals surface area contributed by atoms with E-state index in [1.165, 1.54) is 4.90 Å². The first-order valence-electron chi connectivity index (χ1n) is 6.46. The van der Waals surface area contributed by atoms with Gasteiger partial charge in [0.25, 0.3) is 11.7 Å².